The molecule has 0 bridgehead atoms. The standard InChI is InChI=1S/C6H10O2/c1-4-6(2,3)5(7)8/h4H,1H2,2-3H3,(H,7,8)/p-1. The zero-order chi connectivity index (χ0) is 6.78. The van der Waals surface area contributed by atoms with Gasteiger partial charge >= 0.3 is 0 Å². The summed E-state index contributed by atoms with van der Waals surface area (Å²) < 4.78 is 0. The van der Waals surface area contributed by atoms with Gasteiger partial charge in [-0.25, -0.2) is 0 Å². The van der Waals surface area contributed by atoms with Crippen molar-refractivity contribution in [2.75, 3.05) is 0 Å². The van der Waals surface area contributed by atoms with Crippen LogP contribution in [-0.4, -0.2) is 5.97 Å². The molecule has 0 N–H and O–H groups in total. The Hall–Kier alpha value is -0.790. The summed E-state index contributed by atoms with van der Waals surface area (Å²) in [5.74, 6) is -1.09. The van der Waals surface area contributed by atoms with Gasteiger partial charge < -0.3 is 9.90 Å². The van der Waals surface area contributed by atoms with Crippen molar-refractivity contribution in [2.24, 2.45) is 5.41 Å². The van der Waals surface area contributed by atoms with Crippen LogP contribution >= 0.6 is 0 Å². The fourth-order valence-corrected chi connectivity index (χ4v) is 0.0833. The Bertz CT molecular complexity index is 114. The number of hydrogen-bond donors (Lipinski definition) is 0. The quantitative estimate of drug-likeness (QED) is 0.471. The largest absolute Gasteiger partial charge is 0.549 e. The van der Waals surface area contributed by atoms with Crippen LogP contribution in [0.15, 0.2) is 12.7 Å². The Morgan fingerprint density at radius 1 is 1.75 bits per heavy atom. The summed E-state index contributed by atoms with van der Waals surface area (Å²) in [7, 11) is 0. The second-order valence-corrected chi connectivity index (χ2v) is 2.21. The third-order valence-electron chi connectivity index (χ3n) is 1.04. The highest BCUT2D eigenvalue weighted by Gasteiger charge is 2.12. The number of carbonyl (C=O) groups is 1. The number of carboxylic acids is 1. The third-order valence-corrected chi connectivity index (χ3v) is 1.04. The minimum atomic E-state index is -1.09. The first kappa shape index (κ1) is 7.21. The lowest BCUT2D eigenvalue weighted by atomic mass is 9.95. The van der Waals surface area contributed by atoms with Crippen LogP contribution in [0.2, 0.25) is 0 Å². The molecule has 0 atom stereocenters. The highest BCUT2D eigenvalue weighted by atomic mass is 16.4. The molecule has 0 amide bonds. The van der Waals surface area contributed by atoms with Gasteiger partial charge in [0.1, 0.15) is 0 Å². The van der Waals surface area contributed by atoms with Crippen LogP contribution in [-0.2, 0) is 4.79 Å². The fraction of sp³-hybridized carbons (Fsp3) is 0.500. The number of hydrogen-bond acceptors (Lipinski definition) is 2. The van der Waals surface area contributed by atoms with Crippen LogP contribution in [0.25, 0.3) is 0 Å². The van der Waals surface area contributed by atoms with Gasteiger partial charge in [0.25, 0.3) is 0 Å². The molecule has 0 aliphatic heterocycles. The van der Waals surface area contributed by atoms with Crippen molar-refractivity contribution in [3.63, 3.8) is 0 Å². The van der Waals surface area contributed by atoms with Gasteiger partial charge in [0.15, 0.2) is 0 Å². The molecule has 0 heterocycles. The lowest BCUT2D eigenvalue weighted by Gasteiger charge is -2.19. The Morgan fingerprint density at radius 3 is 2.12 bits per heavy atom. The summed E-state index contributed by atoms with van der Waals surface area (Å²) in [6, 6.07) is 0. The maximum absolute atomic E-state index is 10.1. The summed E-state index contributed by atoms with van der Waals surface area (Å²) in [5.41, 5.74) is -0.889. The van der Waals surface area contributed by atoms with Gasteiger partial charge in [-0.3, -0.25) is 0 Å². The molecule has 0 saturated carbocycles. The second kappa shape index (κ2) is 1.99. The molecule has 2 heteroatoms. The fourth-order valence-electron chi connectivity index (χ4n) is 0.0833. The molecule has 0 aromatic carbocycles. The molecule has 8 heavy (non-hydrogen) atoms. The van der Waals surface area contributed by atoms with Crippen molar-refractivity contribution < 1.29 is 9.90 Å². The summed E-state index contributed by atoms with van der Waals surface area (Å²) in [6.45, 7) is 6.41. The van der Waals surface area contributed by atoms with Gasteiger partial charge in [-0.15, -0.1) is 6.58 Å². The molecule has 2 nitrogen and oxygen atoms in total. The van der Waals surface area contributed by atoms with Gasteiger partial charge in [-0.1, -0.05) is 19.9 Å². The first-order valence-electron chi connectivity index (χ1n) is 2.36. The average molecular weight is 113 g/mol. The average Bonchev–Trinajstić information content (AvgIpc) is 1.67. The van der Waals surface area contributed by atoms with Crippen molar-refractivity contribution in [1.29, 1.82) is 0 Å². The van der Waals surface area contributed by atoms with E-state index < -0.39 is 11.4 Å². The number of aliphatic carboxylic acids is 1. The molecule has 0 aliphatic carbocycles. The third kappa shape index (κ3) is 1.37. The highest BCUT2D eigenvalue weighted by Crippen LogP contribution is 2.13. The molecule has 0 aliphatic rings. The molecule has 0 fully saturated rings. The molecule has 0 unspecified atom stereocenters. The van der Waals surface area contributed by atoms with Gasteiger partial charge in [0.2, 0.25) is 0 Å². The minimum Gasteiger partial charge on any atom is -0.549 e. The first-order valence-corrected chi connectivity index (χ1v) is 2.36. The van der Waals surface area contributed by atoms with Crippen LogP contribution in [0.5, 0.6) is 0 Å². The Morgan fingerprint density at radius 2 is 2.12 bits per heavy atom. The zero-order valence-electron chi connectivity index (χ0n) is 5.10. The summed E-state index contributed by atoms with van der Waals surface area (Å²) in [6.07, 6.45) is 1.35. The van der Waals surface area contributed by atoms with Gasteiger partial charge in [0, 0.05) is 5.41 Å². The maximum atomic E-state index is 10.1. The molecule has 0 spiro atoms. The lowest BCUT2D eigenvalue weighted by Crippen LogP contribution is -2.36. The molecule has 0 aromatic heterocycles. The molecular weight excluding hydrogens is 104 g/mol. The molecule has 0 radical (unpaired) electrons. The zero-order valence-corrected chi connectivity index (χ0v) is 5.10. The predicted octanol–water partition coefficient (Wildman–Crippen LogP) is -0.0515. The van der Waals surface area contributed by atoms with Crippen LogP contribution < -0.4 is 5.11 Å². The van der Waals surface area contributed by atoms with Gasteiger partial charge in [-0.05, 0) is 0 Å². The predicted molar refractivity (Wildman–Crippen MR) is 29.0 cm³/mol. The van der Waals surface area contributed by atoms with Crippen molar-refractivity contribution in [3.8, 4) is 0 Å². The maximum Gasteiger partial charge on any atom is 0.0508 e. The van der Waals surface area contributed by atoms with Crippen LogP contribution in [0.4, 0.5) is 0 Å². The molecule has 0 aromatic rings. The van der Waals surface area contributed by atoms with Crippen molar-refractivity contribution in [3.05, 3.63) is 12.7 Å². The Balaban J connectivity index is 4.12. The van der Waals surface area contributed by atoms with Gasteiger partial charge in [-0.2, -0.15) is 0 Å². The van der Waals surface area contributed by atoms with Crippen LogP contribution in [0.1, 0.15) is 13.8 Å². The van der Waals surface area contributed by atoms with E-state index in [1.165, 1.54) is 19.9 Å². The van der Waals surface area contributed by atoms with E-state index in [2.05, 4.69) is 6.58 Å². The van der Waals surface area contributed by atoms with Gasteiger partial charge in [0.05, 0.1) is 5.97 Å². The van der Waals surface area contributed by atoms with E-state index in [-0.39, 0.29) is 0 Å². The lowest BCUT2D eigenvalue weighted by molar-refractivity contribution is -0.314. The van der Waals surface area contributed by atoms with E-state index in [9.17, 15) is 9.90 Å². The second-order valence-electron chi connectivity index (χ2n) is 2.21. The SMILES string of the molecule is C=CC(C)(C)C(=O)[O-]. The van der Waals surface area contributed by atoms with Crippen molar-refractivity contribution in [1.82, 2.24) is 0 Å². The van der Waals surface area contributed by atoms with Crippen LogP contribution in [0.3, 0.4) is 0 Å². The number of carbonyl (C=O) groups excluding carboxylic acids is 1. The Kier molecular flexibility index (Phi) is 1.79. The first-order chi connectivity index (χ1) is 3.50. The summed E-state index contributed by atoms with van der Waals surface area (Å²) in [5, 5.41) is 10.1. The van der Waals surface area contributed by atoms with E-state index in [1.807, 2.05) is 0 Å². The highest BCUT2D eigenvalue weighted by molar-refractivity contribution is 5.73. The normalized spacial score (nSPS) is 10.8. The van der Waals surface area contributed by atoms with E-state index in [0.29, 0.717) is 0 Å². The van der Waals surface area contributed by atoms with E-state index >= 15 is 0 Å². The summed E-state index contributed by atoms with van der Waals surface area (Å²) in [4.78, 5) is 10.1. The molecule has 0 rings (SSSR count). The van der Waals surface area contributed by atoms with Crippen molar-refractivity contribution in [2.45, 2.75) is 13.8 Å². The molecule has 46 valence electrons. The molecule has 0 saturated heterocycles. The smallest absolute Gasteiger partial charge is 0.0508 e. The monoisotopic (exact) mass is 113 g/mol. The van der Waals surface area contributed by atoms with Crippen LogP contribution in [0, 0.1) is 5.41 Å². The number of carboxylic acid groups (broad SMARTS) is 1. The van der Waals surface area contributed by atoms with E-state index in [4.69, 9.17) is 0 Å². The van der Waals surface area contributed by atoms with Crippen molar-refractivity contribution >= 4 is 5.97 Å². The minimum absolute atomic E-state index is 0.889. The van der Waals surface area contributed by atoms with E-state index in [0.717, 1.165) is 0 Å². The van der Waals surface area contributed by atoms with E-state index in [1.54, 1.807) is 0 Å². The molecular formula is C6H9O2-. The summed E-state index contributed by atoms with van der Waals surface area (Å²) >= 11 is 0. The topological polar surface area (TPSA) is 40.1 Å². The number of rotatable bonds is 2. The Labute approximate surface area is 48.8 Å².